The number of nitrogens with zero attached hydrogens (tertiary/aromatic N) is 1. The number of fused-ring (bicyclic) bond motifs is 2. The van der Waals surface area contributed by atoms with E-state index < -0.39 is 12.1 Å². The van der Waals surface area contributed by atoms with Gasteiger partial charge in [0, 0.05) is 22.3 Å². The Morgan fingerprint density at radius 1 is 1.14 bits per heavy atom. The highest BCUT2D eigenvalue weighted by atomic mass is 16.6. The number of benzene rings is 2. The first kappa shape index (κ1) is 18.7. The minimum absolute atomic E-state index is 0.00158. The Bertz CT molecular complexity index is 1130. The second-order valence-electron chi connectivity index (χ2n) is 6.77. The van der Waals surface area contributed by atoms with Crippen molar-refractivity contribution in [3.63, 3.8) is 0 Å². The standard InChI is InChI=1S/C22H20N2O5/c1-12-4-5-13-10-14(6-8-16(13)23-12)24-19(25)11-18-15-7-9-17(27-2)21(28-3)20(15)22(26)29-18/h4-10,18H,11H2,1-3H3,(H,24,25)/t18-/m0/s1. The summed E-state index contributed by atoms with van der Waals surface area (Å²) < 4.78 is 16.0. The number of cyclic esters (lactones) is 1. The monoisotopic (exact) mass is 392 g/mol. The van der Waals surface area contributed by atoms with Crippen molar-refractivity contribution in [2.45, 2.75) is 19.4 Å². The molecule has 3 aromatic rings. The molecular weight excluding hydrogens is 372 g/mol. The lowest BCUT2D eigenvalue weighted by Crippen LogP contribution is -2.15. The summed E-state index contributed by atoms with van der Waals surface area (Å²) >= 11 is 0. The summed E-state index contributed by atoms with van der Waals surface area (Å²) in [4.78, 5) is 29.4. The number of pyridine rings is 1. The molecule has 29 heavy (non-hydrogen) atoms. The summed E-state index contributed by atoms with van der Waals surface area (Å²) in [6, 6.07) is 12.8. The summed E-state index contributed by atoms with van der Waals surface area (Å²) in [5.41, 5.74) is 3.37. The van der Waals surface area contributed by atoms with E-state index in [1.54, 1.807) is 18.2 Å². The highest BCUT2D eigenvalue weighted by Gasteiger charge is 2.36. The van der Waals surface area contributed by atoms with Gasteiger partial charge in [0.2, 0.25) is 5.91 Å². The molecule has 1 aliphatic rings. The van der Waals surface area contributed by atoms with Crippen LogP contribution in [-0.2, 0) is 9.53 Å². The van der Waals surface area contributed by atoms with Crippen LogP contribution in [0.2, 0.25) is 0 Å². The van der Waals surface area contributed by atoms with E-state index in [4.69, 9.17) is 14.2 Å². The van der Waals surface area contributed by atoms with Crippen molar-refractivity contribution in [2.75, 3.05) is 19.5 Å². The highest BCUT2D eigenvalue weighted by Crippen LogP contribution is 2.43. The van der Waals surface area contributed by atoms with Gasteiger partial charge in [-0.25, -0.2) is 4.79 Å². The normalized spacial score (nSPS) is 15.0. The van der Waals surface area contributed by atoms with Gasteiger partial charge in [0.25, 0.3) is 0 Å². The number of esters is 1. The first-order valence-electron chi connectivity index (χ1n) is 9.13. The van der Waals surface area contributed by atoms with Crippen molar-refractivity contribution >= 4 is 28.5 Å². The van der Waals surface area contributed by atoms with Crippen molar-refractivity contribution < 1.29 is 23.8 Å². The molecule has 0 spiro atoms. The SMILES string of the molecule is COc1ccc2c(c1OC)C(=O)O[C@H]2CC(=O)Nc1ccc2nc(C)ccc2c1. The number of ether oxygens (including phenoxy) is 3. The van der Waals surface area contributed by atoms with E-state index in [0.29, 0.717) is 28.3 Å². The van der Waals surface area contributed by atoms with Crippen molar-refractivity contribution in [3.05, 3.63) is 59.3 Å². The highest BCUT2D eigenvalue weighted by molar-refractivity contribution is 6.00. The molecule has 1 amide bonds. The summed E-state index contributed by atoms with van der Waals surface area (Å²) in [7, 11) is 2.96. The fourth-order valence-corrected chi connectivity index (χ4v) is 3.51. The number of anilines is 1. The Morgan fingerprint density at radius 3 is 2.72 bits per heavy atom. The maximum absolute atomic E-state index is 12.6. The molecule has 4 rings (SSSR count). The molecule has 1 aliphatic heterocycles. The average molecular weight is 392 g/mol. The summed E-state index contributed by atoms with van der Waals surface area (Å²) in [6.07, 6.45) is -0.680. The van der Waals surface area contributed by atoms with Crippen molar-refractivity contribution in [3.8, 4) is 11.5 Å². The molecule has 1 aromatic heterocycles. The third-order valence-corrected chi connectivity index (χ3v) is 4.86. The Morgan fingerprint density at radius 2 is 1.97 bits per heavy atom. The number of hydrogen-bond donors (Lipinski definition) is 1. The lowest BCUT2D eigenvalue weighted by Gasteiger charge is -2.13. The molecule has 1 N–H and O–H groups in total. The number of rotatable bonds is 5. The predicted molar refractivity (Wildman–Crippen MR) is 107 cm³/mol. The first-order chi connectivity index (χ1) is 14.0. The van der Waals surface area contributed by atoms with Gasteiger partial charge in [-0.2, -0.15) is 0 Å². The number of carbonyl (C=O) groups is 2. The first-order valence-corrected chi connectivity index (χ1v) is 9.13. The van der Waals surface area contributed by atoms with Crippen LogP contribution >= 0.6 is 0 Å². The number of aromatic nitrogens is 1. The molecule has 2 heterocycles. The second kappa shape index (κ2) is 7.43. The Kier molecular flexibility index (Phi) is 4.80. The zero-order valence-electron chi connectivity index (χ0n) is 16.3. The molecule has 0 unspecified atom stereocenters. The molecule has 0 saturated heterocycles. The number of aryl methyl sites for hydroxylation is 1. The van der Waals surface area contributed by atoms with Crippen molar-refractivity contribution in [1.29, 1.82) is 0 Å². The van der Waals surface area contributed by atoms with Gasteiger partial charge in [0.1, 0.15) is 11.7 Å². The van der Waals surface area contributed by atoms with Crippen LogP contribution in [0.3, 0.4) is 0 Å². The molecule has 7 nitrogen and oxygen atoms in total. The zero-order chi connectivity index (χ0) is 20.5. The van der Waals surface area contributed by atoms with Gasteiger partial charge >= 0.3 is 5.97 Å². The minimum atomic E-state index is -0.679. The van der Waals surface area contributed by atoms with Crippen molar-refractivity contribution in [1.82, 2.24) is 4.98 Å². The summed E-state index contributed by atoms with van der Waals surface area (Å²) in [6.45, 7) is 1.93. The van der Waals surface area contributed by atoms with Gasteiger partial charge in [0.05, 0.1) is 26.2 Å². The van der Waals surface area contributed by atoms with Crippen LogP contribution in [0.25, 0.3) is 10.9 Å². The molecule has 0 radical (unpaired) electrons. The Hall–Kier alpha value is -3.61. The number of carbonyl (C=O) groups excluding carboxylic acids is 2. The number of hydrogen-bond acceptors (Lipinski definition) is 6. The van der Waals surface area contributed by atoms with Gasteiger partial charge in [-0.3, -0.25) is 9.78 Å². The molecule has 7 heteroatoms. The van der Waals surface area contributed by atoms with Crippen molar-refractivity contribution in [2.24, 2.45) is 0 Å². The van der Waals surface area contributed by atoms with Gasteiger partial charge in [0.15, 0.2) is 11.5 Å². The molecular formula is C22H20N2O5. The maximum Gasteiger partial charge on any atom is 0.343 e. The van der Waals surface area contributed by atoms with Crippen LogP contribution in [0.1, 0.15) is 34.1 Å². The maximum atomic E-state index is 12.6. The fraction of sp³-hybridized carbons (Fsp3) is 0.227. The van der Waals surface area contributed by atoms with E-state index in [-0.39, 0.29) is 12.3 Å². The average Bonchev–Trinajstić information content (AvgIpc) is 3.02. The van der Waals surface area contributed by atoms with Crippen LogP contribution in [0.15, 0.2) is 42.5 Å². The van der Waals surface area contributed by atoms with Crippen LogP contribution < -0.4 is 14.8 Å². The predicted octanol–water partition coefficient (Wildman–Crippen LogP) is 3.80. The fourth-order valence-electron chi connectivity index (χ4n) is 3.51. The van der Waals surface area contributed by atoms with Crippen LogP contribution in [0.5, 0.6) is 11.5 Å². The number of amides is 1. The second-order valence-corrected chi connectivity index (χ2v) is 6.77. The molecule has 0 bridgehead atoms. The third kappa shape index (κ3) is 3.47. The van der Waals surface area contributed by atoms with Crippen LogP contribution in [-0.4, -0.2) is 31.1 Å². The van der Waals surface area contributed by atoms with E-state index in [9.17, 15) is 9.59 Å². The quantitative estimate of drug-likeness (QED) is 0.665. The lowest BCUT2D eigenvalue weighted by molar-refractivity contribution is -0.118. The molecule has 0 aliphatic carbocycles. The molecule has 0 fully saturated rings. The number of methoxy groups -OCH3 is 2. The molecule has 0 saturated carbocycles. The smallest absolute Gasteiger partial charge is 0.343 e. The Balaban J connectivity index is 1.53. The zero-order valence-corrected chi connectivity index (χ0v) is 16.3. The number of nitrogens with one attached hydrogen (secondary N) is 1. The van der Waals surface area contributed by atoms with Gasteiger partial charge in [-0.05, 0) is 37.3 Å². The van der Waals surface area contributed by atoms with Crippen LogP contribution in [0.4, 0.5) is 5.69 Å². The Labute approximate surface area is 167 Å². The van der Waals surface area contributed by atoms with E-state index in [1.807, 2.05) is 31.2 Å². The topological polar surface area (TPSA) is 86.8 Å². The largest absolute Gasteiger partial charge is 0.493 e. The van der Waals surface area contributed by atoms with Crippen LogP contribution in [0, 0.1) is 6.92 Å². The summed E-state index contributed by atoms with van der Waals surface area (Å²) in [5, 5.41) is 3.79. The lowest BCUT2D eigenvalue weighted by atomic mass is 10.0. The van der Waals surface area contributed by atoms with E-state index in [0.717, 1.165) is 16.6 Å². The van der Waals surface area contributed by atoms with E-state index in [1.165, 1.54) is 14.2 Å². The van der Waals surface area contributed by atoms with Gasteiger partial charge < -0.3 is 19.5 Å². The minimum Gasteiger partial charge on any atom is -0.493 e. The van der Waals surface area contributed by atoms with Gasteiger partial charge in [-0.15, -0.1) is 0 Å². The van der Waals surface area contributed by atoms with E-state index in [2.05, 4.69) is 10.3 Å². The molecule has 1 atom stereocenters. The molecule has 148 valence electrons. The van der Waals surface area contributed by atoms with Gasteiger partial charge in [-0.1, -0.05) is 12.1 Å². The third-order valence-electron chi connectivity index (χ3n) is 4.86. The summed E-state index contributed by atoms with van der Waals surface area (Å²) in [5.74, 6) is -0.0332. The molecule has 2 aromatic carbocycles. The van der Waals surface area contributed by atoms with E-state index >= 15 is 0 Å².